The Morgan fingerprint density at radius 1 is 1.27 bits per heavy atom. The third-order valence-electron chi connectivity index (χ3n) is 3.65. The molecule has 0 saturated heterocycles. The largest absolute Gasteiger partial charge is 0.507 e. The number of rotatable bonds is 8. The lowest BCUT2D eigenvalue weighted by Gasteiger charge is -2.24. The number of para-hydroxylation sites is 1. The normalized spacial score (nSPS) is 14.2. The fraction of sp³-hybridized carbons (Fsp3) is 0.294. The second-order valence-electron chi connectivity index (χ2n) is 6.24. The number of phosphoric ester groups is 1. The zero-order chi connectivity index (χ0) is 19.4. The zero-order valence-electron chi connectivity index (χ0n) is 14.1. The number of phenols is 1. The van der Waals surface area contributed by atoms with Crippen molar-refractivity contribution in [1.82, 2.24) is 0 Å². The Kier molecular flexibility index (Phi) is 7.16. The smallest absolute Gasteiger partial charge is 0.469 e. The van der Waals surface area contributed by atoms with E-state index in [-0.39, 0.29) is 12.4 Å². The first-order valence-electron chi connectivity index (χ1n) is 7.79. The average molecular weight is 418 g/mol. The molecule has 2 rings (SSSR count). The highest BCUT2D eigenvalue weighted by Gasteiger charge is 2.24. The second kappa shape index (κ2) is 8.76. The molecule has 0 spiro atoms. The summed E-state index contributed by atoms with van der Waals surface area (Å²) >= 11 is 7.75. The minimum atomic E-state index is -4.54. The van der Waals surface area contributed by atoms with Gasteiger partial charge in [0.05, 0.1) is 11.5 Å². The summed E-state index contributed by atoms with van der Waals surface area (Å²) in [5.41, 5.74) is 6.01. The maximum Gasteiger partial charge on any atom is 0.469 e. The fourth-order valence-electron chi connectivity index (χ4n) is 2.19. The molecule has 26 heavy (non-hydrogen) atoms. The lowest BCUT2D eigenvalue weighted by atomic mass is 9.95. The van der Waals surface area contributed by atoms with Crippen LogP contribution in [0.4, 0.5) is 0 Å². The summed E-state index contributed by atoms with van der Waals surface area (Å²) in [6.07, 6.45) is 0.983. The predicted molar refractivity (Wildman–Crippen MR) is 103 cm³/mol. The summed E-state index contributed by atoms with van der Waals surface area (Å²) < 4.78 is 15.3. The molecule has 5 N–H and O–H groups in total. The van der Waals surface area contributed by atoms with Gasteiger partial charge < -0.3 is 20.6 Å². The third kappa shape index (κ3) is 6.93. The monoisotopic (exact) mass is 417 g/mol. The summed E-state index contributed by atoms with van der Waals surface area (Å²) in [6, 6.07) is 12.6. The molecule has 0 aliphatic heterocycles. The molecule has 6 nitrogen and oxygen atoms in total. The first kappa shape index (κ1) is 21.3. The zero-order valence-corrected chi connectivity index (χ0v) is 16.6. The number of aromatic hydroxyl groups is 1. The van der Waals surface area contributed by atoms with Gasteiger partial charge in [-0.2, -0.15) is 0 Å². The van der Waals surface area contributed by atoms with Gasteiger partial charge in [0.2, 0.25) is 0 Å². The number of hydrogen-bond donors (Lipinski definition) is 4. The quantitative estimate of drug-likeness (QED) is 0.481. The van der Waals surface area contributed by atoms with Gasteiger partial charge in [-0.05, 0) is 49.6 Å². The SMILES string of the molecule is CC(N)(CCc1ccc(Sc2ccccc2O)cc1Cl)COP(=O)(O)O. The highest BCUT2D eigenvalue weighted by atomic mass is 35.5. The number of benzene rings is 2. The van der Waals surface area contributed by atoms with Crippen LogP contribution in [0.5, 0.6) is 5.75 Å². The number of nitrogens with two attached hydrogens (primary N) is 1. The molecule has 9 heteroatoms. The Balaban J connectivity index is 1.99. The van der Waals surface area contributed by atoms with Crippen molar-refractivity contribution in [3.05, 3.63) is 53.1 Å². The topological polar surface area (TPSA) is 113 Å². The van der Waals surface area contributed by atoms with E-state index >= 15 is 0 Å². The molecule has 1 unspecified atom stereocenters. The van der Waals surface area contributed by atoms with Gasteiger partial charge in [0.25, 0.3) is 0 Å². The molecule has 0 aliphatic rings. The Morgan fingerprint density at radius 2 is 1.96 bits per heavy atom. The lowest BCUT2D eigenvalue weighted by molar-refractivity contribution is 0.154. The molecule has 142 valence electrons. The van der Waals surface area contributed by atoms with Crippen LogP contribution in [0.15, 0.2) is 52.3 Å². The van der Waals surface area contributed by atoms with Crippen molar-refractivity contribution in [2.75, 3.05) is 6.61 Å². The number of hydrogen-bond acceptors (Lipinski definition) is 5. The van der Waals surface area contributed by atoms with Crippen LogP contribution in [-0.2, 0) is 15.5 Å². The molecule has 0 aliphatic carbocycles. The summed E-state index contributed by atoms with van der Waals surface area (Å²) in [5, 5.41) is 10.4. The Hall–Kier alpha value is -1.05. The fourth-order valence-corrected chi connectivity index (χ4v) is 3.88. The van der Waals surface area contributed by atoms with E-state index in [4.69, 9.17) is 27.1 Å². The van der Waals surface area contributed by atoms with Gasteiger partial charge in [0.1, 0.15) is 5.75 Å². The van der Waals surface area contributed by atoms with Crippen molar-refractivity contribution in [3.63, 3.8) is 0 Å². The summed E-state index contributed by atoms with van der Waals surface area (Å²) in [7, 11) is -4.54. The highest BCUT2D eigenvalue weighted by molar-refractivity contribution is 7.99. The summed E-state index contributed by atoms with van der Waals surface area (Å²) in [4.78, 5) is 19.2. The van der Waals surface area contributed by atoms with E-state index in [9.17, 15) is 9.67 Å². The van der Waals surface area contributed by atoms with Crippen LogP contribution in [0.1, 0.15) is 18.9 Å². The van der Waals surface area contributed by atoms with Gasteiger partial charge in [0, 0.05) is 15.5 Å². The van der Waals surface area contributed by atoms with E-state index < -0.39 is 13.4 Å². The van der Waals surface area contributed by atoms with Gasteiger partial charge in [-0.3, -0.25) is 4.52 Å². The Morgan fingerprint density at radius 3 is 2.58 bits per heavy atom. The molecular formula is C17H21ClNO5PS. The Labute approximate surface area is 161 Å². The molecule has 0 heterocycles. The van der Waals surface area contributed by atoms with E-state index in [1.165, 1.54) is 11.8 Å². The van der Waals surface area contributed by atoms with Crippen LogP contribution < -0.4 is 5.73 Å². The van der Waals surface area contributed by atoms with Crippen molar-refractivity contribution in [3.8, 4) is 5.75 Å². The molecule has 0 fully saturated rings. The molecular weight excluding hydrogens is 397 g/mol. The van der Waals surface area contributed by atoms with Crippen molar-refractivity contribution < 1.29 is 24.0 Å². The van der Waals surface area contributed by atoms with E-state index in [2.05, 4.69) is 4.52 Å². The minimum Gasteiger partial charge on any atom is -0.507 e. The highest BCUT2D eigenvalue weighted by Crippen LogP contribution is 2.38. The van der Waals surface area contributed by atoms with Gasteiger partial charge >= 0.3 is 7.82 Å². The van der Waals surface area contributed by atoms with E-state index in [0.29, 0.717) is 17.9 Å². The minimum absolute atomic E-state index is 0.210. The molecule has 0 amide bonds. The maximum absolute atomic E-state index is 10.8. The lowest BCUT2D eigenvalue weighted by Crippen LogP contribution is -2.41. The van der Waals surface area contributed by atoms with Crippen molar-refractivity contribution in [1.29, 1.82) is 0 Å². The number of phosphoric acid groups is 1. The van der Waals surface area contributed by atoms with Gasteiger partial charge in [0.15, 0.2) is 0 Å². The van der Waals surface area contributed by atoms with Crippen LogP contribution >= 0.6 is 31.2 Å². The molecule has 0 radical (unpaired) electrons. The van der Waals surface area contributed by atoms with Crippen molar-refractivity contribution in [2.45, 2.75) is 35.1 Å². The Bertz CT molecular complexity index is 811. The number of aryl methyl sites for hydroxylation is 1. The van der Waals surface area contributed by atoms with E-state index in [1.807, 2.05) is 30.3 Å². The maximum atomic E-state index is 10.8. The van der Waals surface area contributed by atoms with E-state index in [1.54, 1.807) is 19.1 Å². The summed E-state index contributed by atoms with van der Waals surface area (Å²) in [5.74, 6) is 0.210. The van der Waals surface area contributed by atoms with Crippen LogP contribution in [0.25, 0.3) is 0 Å². The predicted octanol–water partition coefficient (Wildman–Crippen LogP) is 3.96. The van der Waals surface area contributed by atoms with Gasteiger partial charge in [-0.15, -0.1) is 0 Å². The summed E-state index contributed by atoms with van der Waals surface area (Å²) in [6.45, 7) is 1.41. The standard InChI is InChI=1S/C17H21ClNO5PS/c1-17(19,11-24-25(21,22)23)9-8-12-6-7-13(10-14(12)18)26-16-5-3-2-4-15(16)20/h2-7,10,20H,8-9,11,19H2,1H3,(H2,21,22,23). The third-order valence-corrected chi connectivity index (χ3v) is 5.52. The molecule has 2 aromatic rings. The second-order valence-corrected chi connectivity index (χ2v) is 9.00. The van der Waals surface area contributed by atoms with Crippen molar-refractivity contribution in [2.24, 2.45) is 5.73 Å². The molecule has 0 saturated carbocycles. The first-order chi connectivity index (χ1) is 12.1. The molecule has 1 atom stereocenters. The van der Waals surface area contributed by atoms with Crippen LogP contribution in [0.2, 0.25) is 5.02 Å². The number of phenolic OH excluding ortho intramolecular Hbond substituents is 1. The number of halogens is 1. The van der Waals surface area contributed by atoms with Crippen LogP contribution in [-0.4, -0.2) is 27.0 Å². The van der Waals surface area contributed by atoms with Gasteiger partial charge in [-0.25, -0.2) is 4.57 Å². The molecule has 0 bridgehead atoms. The van der Waals surface area contributed by atoms with Crippen LogP contribution in [0.3, 0.4) is 0 Å². The average Bonchev–Trinajstić information content (AvgIpc) is 2.54. The van der Waals surface area contributed by atoms with Crippen molar-refractivity contribution >= 4 is 31.2 Å². The first-order valence-corrected chi connectivity index (χ1v) is 10.5. The molecule has 0 aromatic heterocycles. The van der Waals surface area contributed by atoms with Gasteiger partial charge in [-0.1, -0.05) is 41.6 Å². The van der Waals surface area contributed by atoms with E-state index in [0.717, 1.165) is 15.4 Å². The van der Waals surface area contributed by atoms with Crippen LogP contribution in [0, 0.1) is 0 Å². The molecule has 2 aromatic carbocycles.